The average molecular weight is 283 g/mol. The molecule has 0 radical (unpaired) electrons. The second kappa shape index (κ2) is 6.44. The van der Waals surface area contributed by atoms with Gasteiger partial charge in [0, 0.05) is 12.6 Å². The number of hydrogen-bond acceptors (Lipinski definition) is 2. The molecule has 0 unspecified atom stereocenters. The Kier molecular flexibility index (Phi) is 4.63. The summed E-state index contributed by atoms with van der Waals surface area (Å²) >= 11 is 0. The van der Waals surface area contributed by atoms with E-state index in [-0.39, 0.29) is 6.04 Å². The van der Waals surface area contributed by atoms with E-state index in [1.807, 2.05) is 37.3 Å². The van der Waals surface area contributed by atoms with Gasteiger partial charge < -0.3 is 10.0 Å². The number of benzene rings is 2. The average Bonchev–Trinajstić information content (AvgIpc) is 2.45. The van der Waals surface area contributed by atoms with Gasteiger partial charge in [-0.25, -0.2) is 4.79 Å². The van der Waals surface area contributed by atoms with Crippen molar-refractivity contribution in [2.75, 3.05) is 4.90 Å². The number of nitrogens with zero attached hydrogens (tertiary/aromatic N) is 1. The SMILES string of the molecule is Cc1ccc(C(=O)O)c(N(Cc2ccccc2)C(C)C)c1. The zero-order valence-electron chi connectivity index (χ0n) is 12.7. The standard InChI is InChI=1S/C18H21NO2/c1-13(2)19(12-15-7-5-4-6-8-15)17-11-14(3)9-10-16(17)18(20)21/h4-11,13H,12H2,1-3H3,(H,20,21). The molecule has 0 saturated carbocycles. The molecule has 0 aliphatic carbocycles. The summed E-state index contributed by atoms with van der Waals surface area (Å²) in [7, 11) is 0. The molecule has 3 nitrogen and oxygen atoms in total. The number of hydrogen-bond donors (Lipinski definition) is 1. The zero-order valence-corrected chi connectivity index (χ0v) is 12.7. The summed E-state index contributed by atoms with van der Waals surface area (Å²) in [4.78, 5) is 13.6. The van der Waals surface area contributed by atoms with Crippen LogP contribution in [0.5, 0.6) is 0 Å². The van der Waals surface area contributed by atoms with E-state index in [0.717, 1.165) is 11.3 Å². The van der Waals surface area contributed by atoms with Crippen LogP contribution in [0, 0.1) is 6.92 Å². The first-order valence-corrected chi connectivity index (χ1v) is 7.13. The van der Waals surface area contributed by atoms with Crippen molar-refractivity contribution in [1.82, 2.24) is 0 Å². The van der Waals surface area contributed by atoms with Gasteiger partial charge >= 0.3 is 5.97 Å². The number of aromatic carboxylic acids is 1. The second-order valence-corrected chi connectivity index (χ2v) is 5.53. The lowest BCUT2D eigenvalue weighted by Gasteiger charge is -2.30. The molecule has 2 aromatic carbocycles. The van der Waals surface area contributed by atoms with Gasteiger partial charge in [-0.15, -0.1) is 0 Å². The van der Waals surface area contributed by atoms with Crippen molar-refractivity contribution < 1.29 is 9.90 Å². The van der Waals surface area contributed by atoms with Gasteiger partial charge in [-0.2, -0.15) is 0 Å². The molecule has 0 bridgehead atoms. The molecular weight excluding hydrogens is 262 g/mol. The summed E-state index contributed by atoms with van der Waals surface area (Å²) in [5.74, 6) is -0.885. The van der Waals surface area contributed by atoms with Crippen LogP contribution >= 0.6 is 0 Å². The molecule has 0 amide bonds. The molecule has 0 saturated heterocycles. The summed E-state index contributed by atoms with van der Waals surface area (Å²) in [6, 6.07) is 15.8. The number of anilines is 1. The smallest absolute Gasteiger partial charge is 0.337 e. The van der Waals surface area contributed by atoms with Gasteiger partial charge in [0.25, 0.3) is 0 Å². The highest BCUT2D eigenvalue weighted by atomic mass is 16.4. The van der Waals surface area contributed by atoms with Crippen molar-refractivity contribution in [2.24, 2.45) is 0 Å². The number of carboxylic acids is 1. The monoisotopic (exact) mass is 283 g/mol. The molecule has 2 rings (SSSR count). The van der Waals surface area contributed by atoms with Gasteiger partial charge in [0.2, 0.25) is 0 Å². The highest BCUT2D eigenvalue weighted by Crippen LogP contribution is 2.26. The Hall–Kier alpha value is -2.29. The summed E-state index contributed by atoms with van der Waals surface area (Å²) < 4.78 is 0. The van der Waals surface area contributed by atoms with E-state index in [2.05, 4.69) is 30.9 Å². The third-order valence-corrected chi connectivity index (χ3v) is 3.51. The van der Waals surface area contributed by atoms with Gasteiger partial charge in [0.1, 0.15) is 0 Å². The number of carboxylic acid groups (broad SMARTS) is 1. The molecule has 1 N–H and O–H groups in total. The number of carbonyl (C=O) groups is 1. The topological polar surface area (TPSA) is 40.5 Å². The first kappa shape index (κ1) is 15.1. The van der Waals surface area contributed by atoms with E-state index in [4.69, 9.17) is 0 Å². The van der Waals surface area contributed by atoms with Crippen LogP contribution in [0.1, 0.15) is 35.3 Å². The fraction of sp³-hybridized carbons (Fsp3) is 0.278. The summed E-state index contributed by atoms with van der Waals surface area (Å²) in [6.45, 7) is 6.84. The highest BCUT2D eigenvalue weighted by Gasteiger charge is 2.18. The summed E-state index contributed by atoms with van der Waals surface area (Å²) in [5, 5.41) is 9.43. The highest BCUT2D eigenvalue weighted by molar-refractivity contribution is 5.94. The zero-order chi connectivity index (χ0) is 15.4. The van der Waals surface area contributed by atoms with Crippen LogP contribution < -0.4 is 4.90 Å². The van der Waals surface area contributed by atoms with Crippen LogP contribution in [0.4, 0.5) is 5.69 Å². The van der Waals surface area contributed by atoms with Gasteiger partial charge in [0.15, 0.2) is 0 Å². The maximum Gasteiger partial charge on any atom is 0.337 e. The Morgan fingerprint density at radius 2 is 1.81 bits per heavy atom. The lowest BCUT2D eigenvalue weighted by Crippen LogP contribution is -2.31. The van der Waals surface area contributed by atoms with Crippen LogP contribution in [0.2, 0.25) is 0 Å². The second-order valence-electron chi connectivity index (χ2n) is 5.53. The fourth-order valence-corrected chi connectivity index (χ4v) is 2.39. The van der Waals surface area contributed by atoms with E-state index in [1.165, 1.54) is 5.56 Å². The van der Waals surface area contributed by atoms with Gasteiger partial charge in [-0.3, -0.25) is 0 Å². The Morgan fingerprint density at radius 3 is 2.38 bits per heavy atom. The van der Waals surface area contributed by atoms with Crippen molar-refractivity contribution in [1.29, 1.82) is 0 Å². The Morgan fingerprint density at radius 1 is 1.14 bits per heavy atom. The minimum atomic E-state index is -0.885. The van der Waals surface area contributed by atoms with Crippen LogP contribution in [0.3, 0.4) is 0 Å². The third kappa shape index (κ3) is 3.63. The van der Waals surface area contributed by atoms with E-state index >= 15 is 0 Å². The normalized spacial score (nSPS) is 10.7. The minimum absolute atomic E-state index is 0.213. The van der Waals surface area contributed by atoms with E-state index in [0.29, 0.717) is 12.1 Å². The molecule has 0 aromatic heterocycles. The molecule has 3 heteroatoms. The first-order chi connectivity index (χ1) is 9.99. The van der Waals surface area contributed by atoms with Gasteiger partial charge in [-0.1, -0.05) is 36.4 Å². The maximum absolute atomic E-state index is 11.5. The largest absolute Gasteiger partial charge is 0.478 e. The maximum atomic E-state index is 11.5. The van der Waals surface area contributed by atoms with Gasteiger partial charge in [-0.05, 0) is 44.0 Å². The molecule has 0 heterocycles. The lowest BCUT2D eigenvalue weighted by molar-refractivity contribution is 0.0697. The number of rotatable bonds is 5. The molecule has 2 aromatic rings. The van der Waals surface area contributed by atoms with Crippen molar-refractivity contribution >= 4 is 11.7 Å². The Bertz CT molecular complexity index is 620. The minimum Gasteiger partial charge on any atom is -0.478 e. The van der Waals surface area contributed by atoms with Gasteiger partial charge in [0.05, 0.1) is 11.3 Å². The van der Waals surface area contributed by atoms with E-state index in [9.17, 15) is 9.90 Å². The van der Waals surface area contributed by atoms with Crippen LogP contribution in [-0.4, -0.2) is 17.1 Å². The first-order valence-electron chi connectivity index (χ1n) is 7.13. The Balaban J connectivity index is 2.43. The molecule has 0 spiro atoms. The van der Waals surface area contributed by atoms with E-state index < -0.39 is 5.97 Å². The number of aryl methyl sites for hydroxylation is 1. The molecule has 0 atom stereocenters. The van der Waals surface area contributed by atoms with E-state index in [1.54, 1.807) is 6.07 Å². The Labute approximate surface area is 125 Å². The molecule has 0 aliphatic heterocycles. The van der Waals surface area contributed by atoms with Crippen molar-refractivity contribution in [3.05, 3.63) is 65.2 Å². The lowest BCUT2D eigenvalue weighted by atomic mass is 10.1. The molecule has 21 heavy (non-hydrogen) atoms. The molecular formula is C18H21NO2. The van der Waals surface area contributed by atoms with Crippen molar-refractivity contribution in [3.8, 4) is 0 Å². The predicted octanol–water partition coefficient (Wildman–Crippen LogP) is 4.11. The van der Waals surface area contributed by atoms with Crippen molar-refractivity contribution in [3.63, 3.8) is 0 Å². The predicted molar refractivity (Wildman–Crippen MR) is 85.9 cm³/mol. The third-order valence-electron chi connectivity index (χ3n) is 3.51. The fourth-order valence-electron chi connectivity index (χ4n) is 2.39. The molecule has 110 valence electrons. The molecule has 0 aliphatic rings. The summed E-state index contributed by atoms with van der Waals surface area (Å²) in [5.41, 5.74) is 3.37. The quantitative estimate of drug-likeness (QED) is 0.897. The molecule has 0 fully saturated rings. The summed E-state index contributed by atoms with van der Waals surface area (Å²) in [6.07, 6.45) is 0. The van der Waals surface area contributed by atoms with Crippen LogP contribution in [-0.2, 0) is 6.54 Å². The van der Waals surface area contributed by atoms with Crippen molar-refractivity contribution in [2.45, 2.75) is 33.4 Å². The van der Waals surface area contributed by atoms with Crippen LogP contribution in [0.25, 0.3) is 0 Å². The van der Waals surface area contributed by atoms with Crippen LogP contribution in [0.15, 0.2) is 48.5 Å².